The summed E-state index contributed by atoms with van der Waals surface area (Å²) in [6.07, 6.45) is 8.28. The maximum atomic E-state index is 14.4. The molecule has 32 heavy (non-hydrogen) atoms. The van der Waals surface area contributed by atoms with Crippen LogP contribution < -0.4 is 9.88 Å². The van der Waals surface area contributed by atoms with Crippen molar-refractivity contribution in [1.82, 2.24) is 4.98 Å². The van der Waals surface area contributed by atoms with Crippen LogP contribution in [-0.4, -0.2) is 11.2 Å². The summed E-state index contributed by atoms with van der Waals surface area (Å²) >= 11 is 1.25. The van der Waals surface area contributed by atoms with Gasteiger partial charge in [0, 0.05) is 17.0 Å². The summed E-state index contributed by atoms with van der Waals surface area (Å²) in [4.78, 5) is 4.61. The molecule has 0 unspecified atom stereocenters. The molecule has 1 fully saturated rings. The highest BCUT2D eigenvalue weighted by molar-refractivity contribution is 7.96. The van der Waals surface area contributed by atoms with Crippen LogP contribution in [0.25, 0.3) is 11.1 Å². The Balaban J connectivity index is 0.000000671. The van der Waals surface area contributed by atoms with Crippen LogP contribution in [0.15, 0.2) is 47.1 Å². The molecule has 1 aliphatic rings. The molecule has 1 saturated carbocycles. The van der Waals surface area contributed by atoms with Gasteiger partial charge in [-0.15, -0.1) is 0 Å². The number of aromatic nitrogens is 1. The van der Waals surface area contributed by atoms with Crippen molar-refractivity contribution in [1.29, 1.82) is 0 Å². The van der Waals surface area contributed by atoms with E-state index in [0.717, 1.165) is 41.1 Å². The summed E-state index contributed by atoms with van der Waals surface area (Å²) in [5.74, 6) is 1.70. The standard InChI is InChI=1S/C23H24FNO2.C2H6.CH5NS/c1-15-10-11-21(24)20(12-15)19-9-5-6-16(2)22(19)26-13-18-14-27-23(25-18)17-7-3-4-8-17;1-2;1-3-2/h5-6,9-12,14,17H,3-4,7-8,13H2,1-2H3;1-2H3;2H2,1H3. The fraction of sp³-hybridized carbons (Fsp3) is 0.423. The van der Waals surface area contributed by atoms with Gasteiger partial charge in [-0.25, -0.2) is 9.37 Å². The third-order valence-corrected chi connectivity index (χ3v) is 5.26. The number of nitrogens with zero attached hydrogens (tertiary/aromatic N) is 1. The second kappa shape index (κ2) is 13.3. The van der Waals surface area contributed by atoms with Gasteiger partial charge in [-0.2, -0.15) is 0 Å². The smallest absolute Gasteiger partial charge is 0.197 e. The summed E-state index contributed by atoms with van der Waals surface area (Å²) in [6.45, 7) is 8.24. The number of para-hydroxylation sites is 1. The number of rotatable bonds is 5. The number of benzene rings is 2. The molecule has 0 amide bonds. The molecule has 4 nitrogen and oxygen atoms in total. The Bertz CT molecular complexity index is 968. The Morgan fingerprint density at radius 3 is 2.50 bits per heavy atom. The van der Waals surface area contributed by atoms with E-state index in [-0.39, 0.29) is 5.82 Å². The molecular weight excluding hydrogens is 423 g/mol. The van der Waals surface area contributed by atoms with Gasteiger partial charge in [0.15, 0.2) is 5.89 Å². The third-order valence-electron chi connectivity index (χ3n) is 5.26. The minimum atomic E-state index is -0.249. The largest absolute Gasteiger partial charge is 0.486 e. The lowest BCUT2D eigenvalue weighted by Gasteiger charge is -2.14. The molecule has 3 aromatic rings. The van der Waals surface area contributed by atoms with Gasteiger partial charge < -0.3 is 9.15 Å². The van der Waals surface area contributed by atoms with E-state index in [2.05, 4.69) is 4.98 Å². The summed E-state index contributed by atoms with van der Waals surface area (Å²) in [6, 6.07) is 10.9. The third kappa shape index (κ3) is 6.84. The molecule has 1 aromatic heterocycles. The number of halogens is 1. The molecule has 2 aromatic carbocycles. The molecule has 0 spiro atoms. The number of oxazole rings is 1. The minimum Gasteiger partial charge on any atom is -0.486 e. The van der Waals surface area contributed by atoms with E-state index >= 15 is 0 Å². The molecule has 1 aliphatic carbocycles. The van der Waals surface area contributed by atoms with Crippen LogP contribution in [0.5, 0.6) is 5.75 Å². The molecule has 0 aliphatic heterocycles. The van der Waals surface area contributed by atoms with Crippen molar-refractivity contribution in [2.24, 2.45) is 5.14 Å². The number of hydrogen-bond donors (Lipinski definition) is 1. The van der Waals surface area contributed by atoms with Crippen LogP contribution in [0.2, 0.25) is 0 Å². The van der Waals surface area contributed by atoms with Gasteiger partial charge in [0.1, 0.15) is 30.1 Å². The fourth-order valence-corrected chi connectivity index (χ4v) is 3.80. The summed E-state index contributed by atoms with van der Waals surface area (Å²) < 4.78 is 26.2. The van der Waals surface area contributed by atoms with Crippen LogP contribution in [0.1, 0.15) is 68.2 Å². The SMILES string of the molecule is CC.CSN.Cc1ccc(F)c(-c2cccc(C)c2OCc2coc(C3CCCC3)n2)c1. The summed E-state index contributed by atoms with van der Waals surface area (Å²) in [7, 11) is 0. The number of nitrogens with two attached hydrogens (primary N) is 1. The minimum absolute atomic E-state index is 0.249. The van der Waals surface area contributed by atoms with Gasteiger partial charge in [-0.3, -0.25) is 5.14 Å². The zero-order valence-electron chi connectivity index (χ0n) is 19.8. The monoisotopic (exact) mass is 458 g/mol. The van der Waals surface area contributed by atoms with Gasteiger partial charge in [-0.1, -0.05) is 68.5 Å². The second-order valence-corrected chi connectivity index (χ2v) is 8.09. The first-order chi connectivity index (χ1) is 15.5. The highest BCUT2D eigenvalue weighted by Gasteiger charge is 2.22. The van der Waals surface area contributed by atoms with E-state index in [1.165, 1.54) is 30.9 Å². The number of aryl methyl sites for hydroxylation is 2. The van der Waals surface area contributed by atoms with E-state index in [1.807, 2.05) is 58.2 Å². The molecule has 0 atom stereocenters. The van der Waals surface area contributed by atoms with Crippen LogP contribution in [0.4, 0.5) is 4.39 Å². The van der Waals surface area contributed by atoms with Crippen LogP contribution in [0.3, 0.4) is 0 Å². The average Bonchev–Trinajstić information content (AvgIpc) is 3.48. The first-order valence-electron chi connectivity index (χ1n) is 11.2. The van der Waals surface area contributed by atoms with Gasteiger partial charge in [0.05, 0.1) is 0 Å². The molecule has 1 heterocycles. The second-order valence-electron chi connectivity index (χ2n) is 7.62. The topological polar surface area (TPSA) is 61.3 Å². The number of ether oxygens (including phenoxy) is 1. The van der Waals surface area contributed by atoms with Crippen molar-refractivity contribution >= 4 is 11.9 Å². The Labute approximate surface area is 195 Å². The van der Waals surface area contributed by atoms with Gasteiger partial charge in [-0.05, 0) is 50.6 Å². The molecule has 2 N–H and O–H groups in total. The average molecular weight is 459 g/mol. The lowest BCUT2D eigenvalue weighted by molar-refractivity contribution is 0.300. The molecule has 0 bridgehead atoms. The zero-order valence-corrected chi connectivity index (χ0v) is 20.6. The van der Waals surface area contributed by atoms with Gasteiger partial charge >= 0.3 is 0 Å². The van der Waals surface area contributed by atoms with Gasteiger partial charge in [0.2, 0.25) is 0 Å². The van der Waals surface area contributed by atoms with Crippen molar-refractivity contribution in [2.45, 2.75) is 65.9 Å². The van der Waals surface area contributed by atoms with Crippen LogP contribution in [0, 0.1) is 19.7 Å². The molecular formula is C26H35FN2O2S. The Kier molecular flexibility index (Phi) is 10.8. The lowest BCUT2D eigenvalue weighted by Crippen LogP contribution is -2.01. The molecule has 6 heteroatoms. The van der Waals surface area contributed by atoms with Crippen molar-refractivity contribution in [3.05, 3.63) is 71.2 Å². The van der Waals surface area contributed by atoms with E-state index in [4.69, 9.17) is 14.3 Å². The zero-order chi connectivity index (χ0) is 23.5. The van der Waals surface area contributed by atoms with E-state index in [1.54, 1.807) is 12.3 Å². The quantitative estimate of drug-likeness (QED) is 0.399. The van der Waals surface area contributed by atoms with E-state index in [0.29, 0.717) is 23.8 Å². The lowest BCUT2D eigenvalue weighted by atomic mass is 9.99. The summed E-state index contributed by atoms with van der Waals surface area (Å²) in [5.41, 5.74) is 4.07. The Morgan fingerprint density at radius 2 is 1.81 bits per heavy atom. The van der Waals surface area contributed by atoms with Crippen molar-refractivity contribution in [3.63, 3.8) is 0 Å². The Morgan fingerprint density at radius 1 is 1.12 bits per heavy atom. The van der Waals surface area contributed by atoms with Crippen molar-refractivity contribution in [2.75, 3.05) is 6.26 Å². The van der Waals surface area contributed by atoms with E-state index in [9.17, 15) is 4.39 Å². The predicted octanol–water partition coefficient (Wildman–Crippen LogP) is 7.58. The molecule has 0 radical (unpaired) electrons. The fourth-order valence-electron chi connectivity index (χ4n) is 3.80. The normalized spacial score (nSPS) is 13.1. The van der Waals surface area contributed by atoms with Crippen LogP contribution >= 0.6 is 11.9 Å². The predicted molar refractivity (Wildman–Crippen MR) is 132 cm³/mol. The first kappa shape index (κ1) is 25.9. The highest BCUT2D eigenvalue weighted by atomic mass is 32.2. The molecule has 174 valence electrons. The van der Waals surface area contributed by atoms with E-state index < -0.39 is 0 Å². The maximum absolute atomic E-state index is 14.4. The van der Waals surface area contributed by atoms with Gasteiger partial charge in [0.25, 0.3) is 0 Å². The molecule has 0 saturated heterocycles. The van der Waals surface area contributed by atoms with Crippen molar-refractivity contribution < 1.29 is 13.5 Å². The van der Waals surface area contributed by atoms with Crippen LogP contribution in [-0.2, 0) is 6.61 Å². The summed E-state index contributed by atoms with van der Waals surface area (Å²) in [5, 5.41) is 4.76. The Hall–Kier alpha value is -2.31. The maximum Gasteiger partial charge on any atom is 0.197 e. The first-order valence-corrected chi connectivity index (χ1v) is 12.5. The van der Waals surface area contributed by atoms with Crippen molar-refractivity contribution in [3.8, 4) is 16.9 Å². The highest BCUT2D eigenvalue weighted by Crippen LogP contribution is 2.36. The molecule has 4 rings (SSSR count). The number of hydrogen-bond acceptors (Lipinski definition) is 5.